The number of rotatable bonds is 4. The molecular weight excluding hydrogens is 276 g/mol. The molecule has 0 saturated heterocycles. The van der Waals surface area contributed by atoms with E-state index in [0.717, 1.165) is 0 Å². The molecule has 7 heteroatoms. The molecule has 0 aliphatic rings. The molecule has 2 aromatic rings. The summed E-state index contributed by atoms with van der Waals surface area (Å²) in [4.78, 5) is 8.34. The van der Waals surface area contributed by atoms with Gasteiger partial charge in [0.25, 0.3) is 0 Å². The molecule has 0 spiro atoms. The fourth-order valence-electron chi connectivity index (χ4n) is 1.34. The van der Waals surface area contributed by atoms with E-state index in [1.54, 1.807) is 23.0 Å². The number of aliphatic hydroxyl groups is 2. The minimum atomic E-state index is -0.442. The van der Waals surface area contributed by atoms with Gasteiger partial charge in [0.1, 0.15) is 4.60 Å². The van der Waals surface area contributed by atoms with Gasteiger partial charge < -0.3 is 19.9 Å². The van der Waals surface area contributed by atoms with Crippen LogP contribution in [0.25, 0.3) is 5.65 Å². The van der Waals surface area contributed by atoms with E-state index in [-0.39, 0.29) is 13.2 Å². The summed E-state index contributed by atoms with van der Waals surface area (Å²) >= 11 is 3.28. The van der Waals surface area contributed by atoms with E-state index in [9.17, 15) is 0 Å². The van der Waals surface area contributed by atoms with Crippen LogP contribution < -0.4 is 5.32 Å². The van der Waals surface area contributed by atoms with Crippen molar-refractivity contribution in [2.24, 2.45) is 0 Å². The monoisotopic (exact) mass is 286 g/mol. The van der Waals surface area contributed by atoms with E-state index in [0.29, 0.717) is 16.1 Å². The molecule has 0 fully saturated rings. The number of imidazole rings is 1. The van der Waals surface area contributed by atoms with Crippen molar-refractivity contribution in [2.45, 2.75) is 6.04 Å². The molecule has 16 heavy (non-hydrogen) atoms. The zero-order valence-corrected chi connectivity index (χ0v) is 9.92. The summed E-state index contributed by atoms with van der Waals surface area (Å²) < 4.78 is 2.45. The van der Waals surface area contributed by atoms with Gasteiger partial charge in [-0.05, 0) is 15.9 Å². The van der Waals surface area contributed by atoms with Crippen molar-refractivity contribution in [3.05, 3.63) is 23.2 Å². The molecule has 6 nitrogen and oxygen atoms in total. The molecule has 0 aliphatic heterocycles. The molecule has 0 unspecified atom stereocenters. The lowest BCUT2D eigenvalue weighted by Gasteiger charge is -2.14. The molecule has 0 saturated carbocycles. The van der Waals surface area contributed by atoms with Gasteiger partial charge in [-0.1, -0.05) is 0 Å². The highest BCUT2D eigenvalue weighted by Gasteiger charge is 2.11. The Kier molecular flexibility index (Phi) is 3.37. The van der Waals surface area contributed by atoms with Gasteiger partial charge in [0, 0.05) is 18.6 Å². The summed E-state index contributed by atoms with van der Waals surface area (Å²) in [5.74, 6) is 0.521. The smallest absolute Gasteiger partial charge is 0.180 e. The van der Waals surface area contributed by atoms with E-state index >= 15 is 0 Å². The minimum absolute atomic E-state index is 0.169. The van der Waals surface area contributed by atoms with Crippen molar-refractivity contribution in [1.82, 2.24) is 14.4 Å². The van der Waals surface area contributed by atoms with Crippen molar-refractivity contribution < 1.29 is 10.2 Å². The predicted molar refractivity (Wildman–Crippen MR) is 62.3 cm³/mol. The van der Waals surface area contributed by atoms with Crippen molar-refractivity contribution in [3.8, 4) is 0 Å². The zero-order chi connectivity index (χ0) is 11.5. The number of hydrogen-bond acceptors (Lipinski definition) is 5. The quantitative estimate of drug-likeness (QED) is 0.751. The second-order valence-electron chi connectivity index (χ2n) is 3.28. The Morgan fingerprint density at radius 2 is 2.19 bits per heavy atom. The van der Waals surface area contributed by atoms with Crippen molar-refractivity contribution >= 4 is 27.4 Å². The van der Waals surface area contributed by atoms with Gasteiger partial charge in [0.2, 0.25) is 0 Å². The topological polar surface area (TPSA) is 82.7 Å². The van der Waals surface area contributed by atoms with Crippen LogP contribution in [0.3, 0.4) is 0 Å². The maximum absolute atomic E-state index is 8.99. The van der Waals surface area contributed by atoms with Gasteiger partial charge in [0.05, 0.1) is 19.3 Å². The van der Waals surface area contributed by atoms with E-state index in [2.05, 4.69) is 31.2 Å². The van der Waals surface area contributed by atoms with E-state index in [4.69, 9.17) is 10.2 Å². The van der Waals surface area contributed by atoms with E-state index in [1.807, 2.05) is 0 Å². The third-order valence-corrected chi connectivity index (χ3v) is 2.51. The number of halogens is 1. The van der Waals surface area contributed by atoms with Crippen molar-refractivity contribution in [1.29, 1.82) is 0 Å². The van der Waals surface area contributed by atoms with Gasteiger partial charge in [0.15, 0.2) is 11.5 Å². The summed E-state index contributed by atoms with van der Waals surface area (Å²) in [5, 5.41) is 20.9. The van der Waals surface area contributed by atoms with E-state index < -0.39 is 6.04 Å². The fourth-order valence-corrected chi connectivity index (χ4v) is 1.74. The van der Waals surface area contributed by atoms with Crippen molar-refractivity contribution in [2.75, 3.05) is 18.5 Å². The predicted octanol–water partition coefficient (Wildman–Crippen LogP) is 0.257. The lowest BCUT2D eigenvalue weighted by atomic mass is 10.3. The number of nitrogens with one attached hydrogen (secondary N) is 1. The molecule has 2 heterocycles. The molecule has 0 atom stereocenters. The van der Waals surface area contributed by atoms with Crippen LogP contribution in [0.15, 0.2) is 23.2 Å². The van der Waals surface area contributed by atoms with Crippen molar-refractivity contribution in [3.63, 3.8) is 0 Å². The molecule has 0 aromatic carbocycles. The largest absolute Gasteiger partial charge is 0.394 e. The highest BCUT2D eigenvalue weighted by Crippen LogP contribution is 2.17. The Morgan fingerprint density at radius 3 is 2.88 bits per heavy atom. The molecule has 86 valence electrons. The van der Waals surface area contributed by atoms with Crippen LogP contribution in [0.4, 0.5) is 5.82 Å². The molecule has 0 aliphatic carbocycles. The standard InChI is InChI=1S/C9H11BrN4O2/c10-7-3-14-2-1-11-9(14)8(13-7)12-6(4-15)5-16/h1-3,6,15-16H,4-5H2,(H,12,13). The first-order valence-corrected chi connectivity index (χ1v) is 5.51. The lowest BCUT2D eigenvalue weighted by Crippen LogP contribution is -2.28. The minimum Gasteiger partial charge on any atom is -0.394 e. The van der Waals surface area contributed by atoms with Crippen LogP contribution >= 0.6 is 15.9 Å². The number of hydrogen-bond donors (Lipinski definition) is 3. The molecule has 2 aromatic heterocycles. The maximum Gasteiger partial charge on any atom is 0.180 e. The molecule has 0 bridgehead atoms. The normalized spacial score (nSPS) is 11.2. The highest BCUT2D eigenvalue weighted by atomic mass is 79.9. The molecule has 0 amide bonds. The van der Waals surface area contributed by atoms with Crippen LogP contribution in [-0.4, -0.2) is 43.8 Å². The van der Waals surface area contributed by atoms with Gasteiger partial charge in [-0.3, -0.25) is 0 Å². The average molecular weight is 287 g/mol. The maximum atomic E-state index is 8.99. The van der Waals surface area contributed by atoms with Gasteiger partial charge in [-0.15, -0.1) is 0 Å². The number of aromatic nitrogens is 3. The van der Waals surface area contributed by atoms with Crippen LogP contribution in [0.2, 0.25) is 0 Å². The molecule has 0 radical (unpaired) electrons. The van der Waals surface area contributed by atoms with Gasteiger partial charge in [-0.25, -0.2) is 9.97 Å². The first-order valence-electron chi connectivity index (χ1n) is 4.72. The average Bonchev–Trinajstić information content (AvgIpc) is 2.73. The van der Waals surface area contributed by atoms with E-state index in [1.165, 1.54) is 0 Å². The molecular formula is C9H11BrN4O2. The first kappa shape index (κ1) is 11.3. The van der Waals surface area contributed by atoms with Gasteiger partial charge in [-0.2, -0.15) is 0 Å². The Bertz CT molecular complexity index is 483. The summed E-state index contributed by atoms with van der Waals surface area (Å²) in [6.45, 7) is -0.338. The number of anilines is 1. The fraction of sp³-hybridized carbons (Fsp3) is 0.333. The second-order valence-corrected chi connectivity index (χ2v) is 4.09. The SMILES string of the molecule is OCC(CO)Nc1nc(Br)cn2ccnc12. The Balaban J connectivity index is 2.38. The van der Waals surface area contributed by atoms with Crippen LogP contribution in [0.5, 0.6) is 0 Å². The number of fused-ring (bicyclic) bond motifs is 1. The molecule has 3 N–H and O–H groups in total. The van der Waals surface area contributed by atoms with Crippen LogP contribution in [0.1, 0.15) is 0 Å². The third-order valence-electron chi connectivity index (χ3n) is 2.13. The number of aliphatic hydroxyl groups excluding tert-OH is 2. The van der Waals surface area contributed by atoms with Gasteiger partial charge >= 0.3 is 0 Å². The molecule has 2 rings (SSSR count). The Morgan fingerprint density at radius 1 is 1.44 bits per heavy atom. The Hall–Kier alpha value is -1.18. The third kappa shape index (κ3) is 2.16. The summed E-state index contributed by atoms with van der Waals surface area (Å²) in [7, 11) is 0. The second kappa shape index (κ2) is 4.77. The number of nitrogens with zero attached hydrogens (tertiary/aromatic N) is 3. The first-order chi connectivity index (χ1) is 7.74. The van der Waals surface area contributed by atoms with Crippen LogP contribution in [-0.2, 0) is 0 Å². The summed E-state index contributed by atoms with van der Waals surface area (Å²) in [6, 6.07) is -0.442. The highest BCUT2D eigenvalue weighted by molar-refractivity contribution is 9.10. The lowest BCUT2D eigenvalue weighted by molar-refractivity contribution is 0.203. The summed E-state index contributed by atoms with van der Waals surface area (Å²) in [6.07, 6.45) is 5.22. The Labute approximate surface area is 100 Å². The summed E-state index contributed by atoms with van der Waals surface area (Å²) in [5.41, 5.74) is 0.648. The van der Waals surface area contributed by atoms with Crippen LogP contribution in [0, 0.1) is 0 Å². The zero-order valence-electron chi connectivity index (χ0n) is 8.34.